The normalized spacial score (nSPS) is 18.7. The fourth-order valence-corrected chi connectivity index (χ4v) is 1.65. The minimum Gasteiger partial charge on any atom is -0.468 e. The summed E-state index contributed by atoms with van der Waals surface area (Å²) >= 11 is 4.89. The van der Waals surface area contributed by atoms with Crippen LogP contribution in [-0.2, 0) is 9.47 Å². The lowest BCUT2D eigenvalue weighted by Crippen LogP contribution is -2.24. The highest BCUT2D eigenvalue weighted by atomic mass is 32.1. The van der Waals surface area contributed by atoms with Gasteiger partial charge in [-0.05, 0) is 24.4 Å². The van der Waals surface area contributed by atoms with Crippen LogP contribution in [0.2, 0.25) is 0 Å². The fourth-order valence-electron chi connectivity index (χ4n) is 1.47. The van der Waals surface area contributed by atoms with Crippen LogP contribution in [0.4, 0.5) is 14.5 Å². The summed E-state index contributed by atoms with van der Waals surface area (Å²) in [6, 6.07) is 3.17. The van der Waals surface area contributed by atoms with Gasteiger partial charge in [-0.15, -0.1) is 0 Å². The van der Waals surface area contributed by atoms with Crippen LogP contribution in [0, 0.1) is 11.6 Å². The summed E-state index contributed by atoms with van der Waals surface area (Å²) < 4.78 is 36.4. The van der Waals surface area contributed by atoms with Crippen molar-refractivity contribution in [1.82, 2.24) is 5.32 Å². The molecule has 1 heterocycles. The monoisotopic (exact) mass is 274 g/mol. The van der Waals surface area contributed by atoms with Crippen LogP contribution in [-0.4, -0.2) is 31.2 Å². The largest absolute Gasteiger partial charge is 0.468 e. The summed E-state index contributed by atoms with van der Waals surface area (Å²) in [4.78, 5) is 0. The smallest absolute Gasteiger partial charge is 0.261 e. The second-order valence-corrected chi connectivity index (χ2v) is 4.11. The molecule has 0 spiro atoms. The van der Waals surface area contributed by atoms with Gasteiger partial charge in [-0.2, -0.15) is 0 Å². The maximum atomic E-state index is 13.3. The van der Waals surface area contributed by atoms with E-state index in [4.69, 9.17) is 21.7 Å². The predicted octanol–water partition coefficient (Wildman–Crippen LogP) is 1.62. The lowest BCUT2D eigenvalue weighted by Gasteiger charge is -2.13. The van der Waals surface area contributed by atoms with Crippen LogP contribution in [0.15, 0.2) is 18.2 Å². The van der Waals surface area contributed by atoms with Gasteiger partial charge in [0.1, 0.15) is 24.3 Å². The van der Waals surface area contributed by atoms with Crippen molar-refractivity contribution in [2.75, 3.05) is 25.2 Å². The number of nitrogens with one attached hydrogen (secondary N) is 2. The summed E-state index contributed by atoms with van der Waals surface area (Å²) in [5.74, 6) is -1.37. The topological polar surface area (TPSA) is 42.5 Å². The molecule has 2 rings (SSSR count). The number of ether oxygens (including phenoxy) is 2. The van der Waals surface area contributed by atoms with E-state index in [1.165, 1.54) is 6.07 Å². The second kappa shape index (κ2) is 6.03. The van der Waals surface area contributed by atoms with E-state index in [-0.39, 0.29) is 23.6 Å². The molecule has 0 saturated carbocycles. The van der Waals surface area contributed by atoms with Gasteiger partial charge in [0.2, 0.25) is 0 Å². The SMILES string of the molecule is Fc1ccc(NC(=S)OCC2CNCO2)c(F)c1. The molecule has 1 unspecified atom stereocenters. The van der Waals surface area contributed by atoms with Crippen molar-refractivity contribution >= 4 is 23.1 Å². The van der Waals surface area contributed by atoms with E-state index < -0.39 is 11.6 Å². The van der Waals surface area contributed by atoms with E-state index in [0.29, 0.717) is 13.3 Å². The molecular formula is C11H12F2N2O2S. The second-order valence-electron chi connectivity index (χ2n) is 3.73. The van der Waals surface area contributed by atoms with Gasteiger partial charge in [0.05, 0.1) is 12.4 Å². The first-order valence-electron chi connectivity index (χ1n) is 5.36. The van der Waals surface area contributed by atoms with E-state index in [2.05, 4.69) is 10.6 Å². The Morgan fingerprint density at radius 3 is 3.06 bits per heavy atom. The molecule has 0 radical (unpaired) electrons. The summed E-state index contributed by atoms with van der Waals surface area (Å²) in [6.07, 6.45) is -0.0668. The highest BCUT2D eigenvalue weighted by molar-refractivity contribution is 7.80. The average Bonchev–Trinajstić information content (AvgIpc) is 2.83. The Balaban J connectivity index is 1.82. The summed E-state index contributed by atoms with van der Waals surface area (Å²) in [5.41, 5.74) is 0.0758. The van der Waals surface area contributed by atoms with E-state index in [1.54, 1.807) is 0 Å². The number of anilines is 1. The number of thiocarbonyl (C=S) groups is 1. The molecule has 7 heteroatoms. The molecule has 1 atom stereocenters. The third kappa shape index (κ3) is 3.59. The number of benzene rings is 1. The molecule has 0 bridgehead atoms. The van der Waals surface area contributed by atoms with Crippen molar-refractivity contribution in [2.24, 2.45) is 0 Å². The Kier molecular flexibility index (Phi) is 4.40. The van der Waals surface area contributed by atoms with Crippen molar-refractivity contribution in [3.05, 3.63) is 29.8 Å². The average molecular weight is 274 g/mol. The van der Waals surface area contributed by atoms with Crippen LogP contribution < -0.4 is 10.6 Å². The third-order valence-electron chi connectivity index (χ3n) is 2.36. The Morgan fingerprint density at radius 1 is 1.56 bits per heavy atom. The minimum absolute atomic E-state index is 0.0241. The molecule has 98 valence electrons. The maximum absolute atomic E-state index is 13.3. The van der Waals surface area contributed by atoms with Crippen molar-refractivity contribution in [1.29, 1.82) is 0 Å². The van der Waals surface area contributed by atoms with Gasteiger partial charge >= 0.3 is 0 Å². The van der Waals surface area contributed by atoms with Gasteiger partial charge in [0.25, 0.3) is 5.17 Å². The zero-order valence-electron chi connectivity index (χ0n) is 9.41. The molecule has 1 aromatic carbocycles. The summed E-state index contributed by atoms with van der Waals surface area (Å²) in [7, 11) is 0. The molecular weight excluding hydrogens is 262 g/mol. The first-order valence-corrected chi connectivity index (χ1v) is 5.77. The molecule has 0 aromatic heterocycles. The molecule has 1 aliphatic rings. The van der Waals surface area contributed by atoms with E-state index in [9.17, 15) is 8.78 Å². The maximum Gasteiger partial charge on any atom is 0.261 e. The van der Waals surface area contributed by atoms with Gasteiger partial charge in [-0.1, -0.05) is 0 Å². The molecule has 4 nitrogen and oxygen atoms in total. The van der Waals surface area contributed by atoms with Crippen LogP contribution >= 0.6 is 12.2 Å². The number of rotatable bonds is 3. The first-order chi connectivity index (χ1) is 8.65. The van der Waals surface area contributed by atoms with Crippen molar-refractivity contribution in [3.63, 3.8) is 0 Å². The molecule has 1 aliphatic heterocycles. The highest BCUT2D eigenvalue weighted by Gasteiger charge is 2.16. The number of halogens is 2. The van der Waals surface area contributed by atoms with Gasteiger partial charge in [0.15, 0.2) is 0 Å². The Labute approximate surface area is 108 Å². The molecule has 1 saturated heterocycles. The molecule has 2 N–H and O–H groups in total. The highest BCUT2D eigenvalue weighted by Crippen LogP contribution is 2.15. The Morgan fingerprint density at radius 2 is 2.39 bits per heavy atom. The quantitative estimate of drug-likeness (QED) is 0.820. The zero-order chi connectivity index (χ0) is 13.0. The third-order valence-corrected chi connectivity index (χ3v) is 2.58. The fraction of sp³-hybridized carbons (Fsp3) is 0.364. The number of hydrogen-bond acceptors (Lipinski definition) is 4. The standard InChI is InChI=1S/C11H12F2N2O2S/c12-7-1-2-10(9(13)3-7)15-11(18)16-5-8-4-14-6-17-8/h1-3,8,14H,4-6H2,(H,15,18). The summed E-state index contributed by atoms with van der Waals surface area (Å²) in [5, 5.41) is 5.57. The van der Waals surface area contributed by atoms with E-state index in [1.807, 2.05) is 0 Å². The van der Waals surface area contributed by atoms with Crippen LogP contribution in [0.3, 0.4) is 0 Å². The minimum atomic E-state index is -0.722. The lowest BCUT2D eigenvalue weighted by molar-refractivity contribution is 0.0689. The Hall–Kier alpha value is -1.31. The van der Waals surface area contributed by atoms with Crippen LogP contribution in [0.1, 0.15) is 0 Å². The van der Waals surface area contributed by atoms with E-state index >= 15 is 0 Å². The first kappa shape index (κ1) is 13.1. The predicted molar refractivity (Wildman–Crippen MR) is 66.3 cm³/mol. The van der Waals surface area contributed by atoms with Gasteiger partial charge in [-0.3, -0.25) is 5.32 Å². The van der Waals surface area contributed by atoms with E-state index in [0.717, 1.165) is 12.1 Å². The van der Waals surface area contributed by atoms with Crippen molar-refractivity contribution < 1.29 is 18.3 Å². The summed E-state index contributed by atoms with van der Waals surface area (Å²) in [6.45, 7) is 1.45. The van der Waals surface area contributed by atoms with Crippen LogP contribution in [0.5, 0.6) is 0 Å². The molecule has 1 aromatic rings. The Bertz CT molecular complexity index is 439. The van der Waals surface area contributed by atoms with Crippen LogP contribution in [0.25, 0.3) is 0 Å². The lowest BCUT2D eigenvalue weighted by atomic mass is 10.3. The number of hydrogen-bond donors (Lipinski definition) is 2. The molecule has 0 amide bonds. The van der Waals surface area contributed by atoms with Crippen molar-refractivity contribution in [3.8, 4) is 0 Å². The zero-order valence-corrected chi connectivity index (χ0v) is 10.2. The van der Waals surface area contributed by atoms with Crippen molar-refractivity contribution in [2.45, 2.75) is 6.10 Å². The molecule has 0 aliphatic carbocycles. The van der Waals surface area contributed by atoms with Gasteiger partial charge in [-0.25, -0.2) is 8.78 Å². The molecule has 18 heavy (non-hydrogen) atoms. The van der Waals surface area contributed by atoms with Gasteiger partial charge in [0, 0.05) is 12.6 Å². The molecule has 1 fully saturated rings. The van der Waals surface area contributed by atoms with Gasteiger partial charge < -0.3 is 14.8 Å².